The second-order valence-corrected chi connectivity index (χ2v) is 28.9. The summed E-state index contributed by atoms with van der Waals surface area (Å²) < 4.78 is 102. The van der Waals surface area contributed by atoms with Crippen molar-refractivity contribution in [3.8, 4) is 0 Å². The molecule has 45 atom stereocenters. The largest absolute Gasteiger partial charge is 0.394 e. The molecule has 664 valence electrons. The van der Waals surface area contributed by atoms with E-state index in [1.807, 2.05) is 0 Å². The van der Waals surface area contributed by atoms with Crippen molar-refractivity contribution < 1.29 is 227 Å². The molecule has 51 nitrogen and oxygen atoms in total. The molecule has 9 aliphatic rings. The summed E-state index contributed by atoms with van der Waals surface area (Å²) >= 11 is 0. The highest BCUT2D eigenvalue weighted by atomic mass is 16.8. The number of hydrogen-bond donors (Lipinski definition) is 29. The molecule has 9 fully saturated rings. The van der Waals surface area contributed by atoms with Gasteiger partial charge in [0, 0.05) is 34.6 Å². The summed E-state index contributed by atoms with van der Waals surface area (Å²) in [7, 11) is 0. The summed E-state index contributed by atoms with van der Waals surface area (Å²) in [5.74, 6) is -4.48. The van der Waals surface area contributed by atoms with Crippen LogP contribution >= 0.6 is 0 Å². The van der Waals surface area contributed by atoms with Gasteiger partial charge in [-0.1, -0.05) is 0 Å². The van der Waals surface area contributed by atoms with Gasteiger partial charge in [0.1, 0.15) is 219 Å². The Morgan fingerprint density at radius 3 is 0.878 bits per heavy atom. The van der Waals surface area contributed by atoms with Gasteiger partial charge < -0.3 is 230 Å². The van der Waals surface area contributed by atoms with Crippen molar-refractivity contribution in [2.45, 2.75) is 311 Å². The maximum absolute atomic E-state index is 13.0. The summed E-state index contributed by atoms with van der Waals surface area (Å²) in [5.41, 5.74) is 0. The van der Waals surface area contributed by atoms with E-state index in [4.69, 9.17) is 80.5 Å². The summed E-state index contributed by atoms with van der Waals surface area (Å²) in [6.07, 6.45) is -83.7. The van der Waals surface area contributed by atoms with E-state index in [1.54, 1.807) is 0 Å². The predicted molar refractivity (Wildman–Crippen MR) is 355 cm³/mol. The van der Waals surface area contributed by atoms with Crippen LogP contribution in [0.15, 0.2) is 0 Å². The maximum atomic E-state index is 13.0. The molecule has 9 saturated heterocycles. The molecule has 0 saturated carbocycles. The van der Waals surface area contributed by atoms with Gasteiger partial charge in [0.05, 0.1) is 59.5 Å². The minimum atomic E-state index is -2.57. The number of rotatable bonds is 30. The normalized spacial score (nSPS) is 47.9. The number of carbonyl (C=O) groups excluding carboxylic acids is 5. The maximum Gasteiger partial charge on any atom is 0.217 e. The Hall–Kier alpha value is -4.29. The highest BCUT2D eigenvalue weighted by Crippen LogP contribution is 2.40. The third-order valence-electron chi connectivity index (χ3n) is 20.8. The third kappa shape index (κ3) is 21.3. The van der Waals surface area contributed by atoms with Gasteiger partial charge in [-0.05, 0) is 0 Å². The van der Waals surface area contributed by atoms with Crippen LogP contribution in [0, 0.1) is 0 Å². The van der Waals surface area contributed by atoms with Crippen LogP contribution in [0.5, 0.6) is 0 Å². The number of hydrogen-bond acceptors (Lipinski definition) is 46. The van der Waals surface area contributed by atoms with E-state index in [0.717, 1.165) is 34.6 Å². The molecule has 9 aliphatic heterocycles. The molecule has 9 rings (SSSR count). The van der Waals surface area contributed by atoms with Crippen LogP contribution in [-0.2, 0) is 104 Å². The zero-order chi connectivity index (χ0) is 84.8. The first kappa shape index (κ1) is 94.6. The van der Waals surface area contributed by atoms with Crippen LogP contribution in [0.3, 0.4) is 0 Å². The van der Waals surface area contributed by atoms with E-state index in [0.29, 0.717) is 0 Å². The monoisotopic (exact) mass is 1680 g/mol. The molecule has 1 unspecified atom stereocenters. The van der Waals surface area contributed by atoms with E-state index < -0.39 is 365 Å². The lowest BCUT2D eigenvalue weighted by molar-refractivity contribution is -0.398. The van der Waals surface area contributed by atoms with Gasteiger partial charge in [-0.3, -0.25) is 24.0 Å². The molecule has 51 heteroatoms. The van der Waals surface area contributed by atoms with Crippen LogP contribution in [0.25, 0.3) is 0 Å². The average molecular weight is 1680 g/mol. The number of nitrogens with one attached hydrogen (secondary N) is 5. The van der Waals surface area contributed by atoms with Crippen LogP contribution in [0.1, 0.15) is 34.6 Å². The SMILES string of the molecule is CC(=O)N[C@H]1[C@H](O[C@H]2[C@H](O)[C@@H](NC(C)=O)C(O)O[C@@H]2CO)O[C@H](CO)[C@@H](O[C@@H]2O[C@H](CO[C@H]3O[C@H](CO)[C@@H](O[C@@H]4O[C@H](CO)[C@@H](O[C@@H]5O[C@H](CO)[C@H](O)[C@H](O)[C@H]5O)[C@H](O)[C@H]4NC(C)=O)[C@H](O)[C@@H]3O[C@@H]3O[C@H](CO)[C@@H](O)[C@H](O)[C@H]3NC(C)=O)[C@@H](O)[C@H](O[C@H]3O[C@H](CO)[C@@H](O)[C@H](O)[C@@H]3O[C@@H]3O[C@H](CO)[C@@H](O)[C@H](O)[C@H]3NC(C)=O)[C@@H]2O)[C@@H]1O. The lowest BCUT2D eigenvalue weighted by atomic mass is 9.93. The van der Waals surface area contributed by atoms with E-state index in [-0.39, 0.29) is 0 Å². The van der Waals surface area contributed by atoms with Crippen molar-refractivity contribution in [2.24, 2.45) is 0 Å². The zero-order valence-corrected chi connectivity index (χ0v) is 62.1. The van der Waals surface area contributed by atoms with Gasteiger partial charge in [-0.2, -0.15) is 0 Å². The van der Waals surface area contributed by atoms with E-state index >= 15 is 0 Å². The van der Waals surface area contributed by atoms with Crippen molar-refractivity contribution in [1.29, 1.82) is 0 Å². The number of aliphatic hydroxyl groups is 24. The van der Waals surface area contributed by atoms with Gasteiger partial charge in [0.2, 0.25) is 29.5 Å². The smallest absolute Gasteiger partial charge is 0.217 e. The lowest BCUT2D eigenvalue weighted by Gasteiger charge is -2.51. The predicted octanol–water partition coefficient (Wildman–Crippen LogP) is -19.9. The standard InChI is InChI=1S/C64H107N5O46/c1-15(78)65-29-41(90)49(24(10-74)100-56(29)98)109-59-32(68-18(4)81)43(92)51(26(12-76)105-59)112-62-48(97)53(113-64-54(45(94)37(86)23(9-73)104-64)114-57-30(66-16(2)79)39(88)34(83)20(6-70)101-57)38(87)28(108-62)14-99-63-55(115-58-31(67-17(3)80)40(89)35(84)21(7-71)102-58)47(96)52(27(13-77)107-63)110-60-33(69-19(5)82)42(91)50(25(11-75)106-60)111-61-46(95)44(93)36(85)22(8-72)103-61/h20-64,70-77,83-98H,6-14H2,1-5H3,(H,65,78)(H,66,79)(H,67,80)(H,68,81)(H,69,82)/t20-,21-,22-,23-,24-,25-,26-,27-,28-,29-,30-,31-,32-,33-,34-,35-,36+,37-,38-,39-,40-,41-,42-,43-,44+,45+,46-,47+,48+,49-,50-,51-,52-,53+,54+,55+,56?,57+,58+,59+,60+,61+,62+,63+,64-/m1/s1. The van der Waals surface area contributed by atoms with E-state index in [2.05, 4.69) is 26.6 Å². The molecular formula is C64H107N5O46. The lowest BCUT2D eigenvalue weighted by Crippen LogP contribution is -2.71. The molecule has 0 bridgehead atoms. The van der Waals surface area contributed by atoms with Gasteiger partial charge in [-0.15, -0.1) is 0 Å². The van der Waals surface area contributed by atoms with Gasteiger partial charge in [0.15, 0.2) is 56.6 Å². The molecule has 0 aromatic rings. The Balaban J connectivity index is 1.09. The molecule has 0 radical (unpaired) electrons. The molecule has 0 aromatic carbocycles. The minimum Gasteiger partial charge on any atom is -0.394 e. The zero-order valence-electron chi connectivity index (χ0n) is 62.1. The Kier molecular flexibility index (Phi) is 34.1. The second-order valence-electron chi connectivity index (χ2n) is 28.9. The molecule has 0 aromatic heterocycles. The third-order valence-corrected chi connectivity index (χ3v) is 20.8. The molecule has 9 heterocycles. The van der Waals surface area contributed by atoms with Crippen LogP contribution in [-0.4, -0.2) is 488 Å². The molecule has 5 amide bonds. The minimum absolute atomic E-state index is 0.791. The van der Waals surface area contributed by atoms with Crippen LogP contribution in [0.4, 0.5) is 0 Å². The first-order valence-electron chi connectivity index (χ1n) is 36.6. The average Bonchev–Trinajstić information content (AvgIpc) is 0.766. The number of aliphatic hydroxyl groups excluding tert-OH is 24. The summed E-state index contributed by atoms with van der Waals surface area (Å²) in [6.45, 7) is -5.23. The highest BCUT2D eigenvalue weighted by Gasteiger charge is 2.61. The topological polar surface area (TPSA) is 788 Å². The Bertz CT molecular complexity index is 3100. The summed E-state index contributed by atoms with van der Waals surface area (Å²) in [4.78, 5) is 63.5. The van der Waals surface area contributed by atoms with Crippen molar-refractivity contribution in [1.82, 2.24) is 26.6 Å². The molecular weight excluding hydrogens is 1570 g/mol. The van der Waals surface area contributed by atoms with Gasteiger partial charge >= 0.3 is 0 Å². The van der Waals surface area contributed by atoms with Crippen molar-refractivity contribution in [3.05, 3.63) is 0 Å². The Labute approximate surface area is 651 Å². The first-order valence-corrected chi connectivity index (χ1v) is 36.6. The fraction of sp³-hybridized carbons (Fsp3) is 0.922. The van der Waals surface area contributed by atoms with Crippen molar-refractivity contribution in [2.75, 3.05) is 59.5 Å². The molecule has 29 N–H and O–H groups in total. The quantitative estimate of drug-likeness (QED) is 0.0318. The molecule has 0 aliphatic carbocycles. The number of carbonyl (C=O) groups is 5. The van der Waals surface area contributed by atoms with Crippen molar-refractivity contribution in [3.63, 3.8) is 0 Å². The Morgan fingerprint density at radius 1 is 0.226 bits per heavy atom. The molecule has 115 heavy (non-hydrogen) atoms. The fourth-order valence-electron chi connectivity index (χ4n) is 14.9. The molecule has 0 spiro atoms. The van der Waals surface area contributed by atoms with Crippen LogP contribution < -0.4 is 26.6 Å². The summed E-state index contributed by atoms with van der Waals surface area (Å²) in [5, 5.41) is 280. The first-order chi connectivity index (χ1) is 54.4. The Morgan fingerprint density at radius 2 is 0.487 bits per heavy atom. The number of ether oxygens (including phenoxy) is 17. The summed E-state index contributed by atoms with van der Waals surface area (Å²) in [6, 6.07) is -9.19. The fourth-order valence-corrected chi connectivity index (χ4v) is 14.9. The van der Waals surface area contributed by atoms with E-state index in [9.17, 15) is 147 Å². The van der Waals surface area contributed by atoms with Gasteiger partial charge in [-0.25, -0.2) is 0 Å². The van der Waals surface area contributed by atoms with E-state index in [1.165, 1.54) is 0 Å². The number of amides is 5. The van der Waals surface area contributed by atoms with Crippen LogP contribution in [0.2, 0.25) is 0 Å². The highest BCUT2D eigenvalue weighted by molar-refractivity contribution is 5.75. The van der Waals surface area contributed by atoms with Gasteiger partial charge in [0.25, 0.3) is 0 Å². The van der Waals surface area contributed by atoms with Crippen molar-refractivity contribution >= 4 is 29.5 Å². The second kappa shape index (κ2) is 41.5.